The maximum absolute atomic E-state index is 4.26. The van der Waals surface area contributed by atoms with Crippen LogP contribution in [-0.2, 0) is 6.42 Å². The molecule has 0 radical (unpaired) electrons. The van der Waals surface area contributed by atoms with Crippen molar-refractivity contribution in [1.29, 1.82) is 0 Å². The molecule has 0 heterocycles. The van der Waals surface area contributed by atoms with E-state index in [0.29, 0.717) is 0 Å². The molecule has 2 aromatic carbocycles. The molecule has 1 N–H and O–H groups in total. The summed E-state index contributed by atoms with van der Waals surface area (Å²) in [4.78, 5) is 0. The number of benzene rings is 2. The van der Waals surface area contributed by atoms with E-state index in [1.54, 1.807) is 0 Å². The van der Waals surface area contributed by atoms with Gasteiger partial charge in [0.15, 0.2) is 0 Å². The zero-order valence-electron chi connectivity index (χ0n) is 27.9. The van der Waals surface area contributed by atoms with Crippen LogP contribution in [0, 0.1) is 13.8 Å². The molecule has 1 nitrogen and oxygen atoms in total. The van der Waals surface area contributed by atoms with Gasteiger partial charge in [-0.1, -0.05) is 165 Å². The lowest BCUT2D eigenvalue weighted by Gasteiger charge is -2.19. The van der Waals surface area contributed by atoms with Crippen LogP contribution >= 0.6 is 0 Å². The lowest BCUT2D eigenvalue weighted by atomic mass is 9.94. The smallest absolute Gasteiger partial charge is 0.0414 e. The van der Waals surface area contributed by atoms with E-state index in [-0.39, 0.29) is 0 Å². The van der Waals surface area contributed by atoms with Gasteiger partial charge in [0.25, 0.3) is 0 Å². The molecular weight excluding hydrogens is 494 g/mol. The number of unbranched alkanes of at least 4 members (excludes halogenated alkanes) is 5. The molecule has 1 heteroatoms. The van der Waals surface area contributed by atoms with Gasteiger partial charge in [-0.05, 0) is 68.0 Å². The first kappa shape index (κ1) is 37.7. The predicted molar refractivity (Wildman–Crippen MR) is 189 cm³/mol. The lowest BCUT2D eigenvalue weighted by Crippen LogP contribution is -2.06. The highest BCUT2D eigenvalue weighted by molar-refractivity contribution is 5.65. The third-order valence-corrected chi connectivity index (χ3v) is 6.63. The predicted octanol–water partition coefficient (Wildman–Crippen LogP) is 12.8. The molecule has 1 aliphatic rings. The second-order valence-corrected chi connectivity index (χ2v) is 10.3. The van der Waals surface area contributed by atoms with Crippen molar-refractivity contribution in [2.45, 2.75) is 107 Å². The Morgan fingerprint density at radius 2 is 1.37 bits per heavy atom. The summed E-state index contributed by atoms with van der Waals surface area (Å²) in [6.07, 6.45) is 20.0. The highest BCUT2D eigenvalue weighted by Crippen LogP contribution is 2.29. The minimum atomic E-state index is 0.874. The van der Waals surface area contributed by atoms with E-state index in [1.807, 2.05) is 32.9 Å². The van der Waals surface area contributed by atoms with Crippen molar-refractivity contribution in [3.63, 3.8) is 0 Å². The average molecular weight is 554 g/mol. The molecule has 41 heavy (non-hydrogen) atoms. The molecule has 224 valence electrons. The van der Waals surface area contributed by atoms with Crippen LogP contribution in [0.4, 0.5) is 5.69 Å². The van der Waals surface area contributed by atoms with Gasteiger partial charge < -0.3 is 5.32 Å². The van der Waals surface area contributed by atoms with E-state index in [0.717, 1.165) is 34.5 Å². The van der Waals surface area contributed by atoms with Gasteiger partial charge in [-0.15, -0.1) is 0 Å². The average Bonchev–Trinajstić information content (AvgIpc) is 3.19. The van der Waals surface area contributed by atoms with Gasteiger partial charge in [0, 0.05) is 17.0 Å². The van der Waals surface area contributed by atoms with Crippen LogP contribution in [0.15, 0.2) is 120 Å². The fourth-order valence-corrected chi connectivity index (χ4v) is 4.31. The Bertz CT molecular complexity index is 1130. The molecule has 0 saturated carbocycles. The highest BCUT2D eigenvalue weighted by atomic mass is 14.9. The second-order valence-electron chi connectivity index (χ2n) is 10.3. The van der Waals surface area contributed by atoms with Gasteiger partial charge in [0.2, 0.25) is 0 Å². The monoisotopic (exact) mass is 553 g/mol. The number of hydrogen-bond acceptors (Lipinski definition) is 1. The summed E-state index contributed by atoms with van der Waals surface area (Å²) < 4.78 is 0. The van der Waals surface area contributed by atoms with Crippen molar-refractivity contribution < 1.29 is 0 Å². The number of hydrogen-bond donors (Lipinski definition) is 1. The largest absolute Gasteiger partial charge is 0.355 e. The van der Waals surface area contributed by atoms with Crippen LogP contribution in [0.3, 0.4) is 0 Å². The highest BCUT2D eigenvalue weighted by Gasteiger charge is 2.13. The minimum absolute atomic E-state index is 0.874. The first-order chi connectivity index (χ1) is 19.7. The van der Waals surface area contributed by atoms with Crippen molar-refractivity contribution in [3.05, 3.63) is 137 Å². The molecule has 0 aromatic heterocycles. The van der Waals surface area contributed by atoms with E-state index in [9.17, 15) is 0 Å². The zero-order chi connectivity index (χ0) is 31.0. The molecule has 0 fully saturated rings. The van der Waals surface area contributed by atoms with E-state index in [2.05, 4.69) is 127 Å². The Morgan fingerprint density at radius 3 is 1.85 bits per heavy atom. The Labute approximate surface area is 254 Å². The van der Waals surface area contributed by atoms with Gasteiger partial charge >= 0.3 is 0 Å². The summed E-state index contributed by atoms with van der Waals surface area (Å²) in [5.74, 6) is 0. The Hall–Kier alpha value is -3.32. The molecule has 0 bridgehead atoms. The molecule has 3 rings (SSSR count). The van der Waals surface area contributed by atoms with E-state index >= 15 is 0 Å². The van der Waals surface area contributed by atoms with Gasteiger partial charge in [0.05, 0.1) is 0 Å². The lowest BCUT2D eigenvalue weighted by molar-refractivity contribution is 0.624. The molecule has 1 aliphatic carbocycles. The molecular formula is C40H59N. The summed E-state index contributed by atoms with van der Waals surface area (Å²) >= 11 is 0. The maximum Gasteiger partial charge on any atom is 0.0414 e. The maximum atomic E-state index is 4.26. The van der Waals surface area contributed by atoms with Crippen molar-refractivity contribution in [3.8, 4) is 0 Å². The molecule has 0 aliphatic heterocycles. The summed E-state index contributed by atoms with van der Waals surface area (Å²) in [7, 11) is 0. The molecule has 0 atom stereocenters. The Balaban J connectivity index is 0.000000725. The molecule has 0 amide bonds. The quantitative estimate of drug-likeness (QED) is 0.288. The second kappa shape index (κ2) is 23.4. The Kier molecular flexibility index (Phi) is 21.5. The fraction of sp³-hybridized carbons (Fsp3) is 0.400. The summed E-state index contributed by atoms with van der Waals surface area (Å²) in [6.45, 7) is 27.4. The first-order valence-electron chi connectivity index (χ1n) is 15.7. The number of aryl methyl sites for hydroxylation is 3. The van der Waals surface area contributed by atoms with Crippen molar-refractivity contribution in [1.82, 2.24) is 0 Å². The standard InChI is InChI=1S/C22H25N.C8H10.C8H18.C2H6/c1-15(2)22(20-11-9-7-8-10-17(20)4)19(6)23-21-13-12-16(3)14-18(21)5;1-2-8-6-4-3-5-7-8;1-3-5-7-8-6-4-2;1-2/h7-14,23H,1,6H2,2-5H3;3-7H,2H2,1H3;3-8H2,1-2H3;1-2H3/b22-20+;;;. The molecule has 0 spiro atoms. The van der Waals surface area contributed by atoms with Crippen LogP contribution in [0.1, 0.15) is 104 Å². The summed E-state index contributed by atoms with van der Waals surface area (Å²) in [5, 5.41) is 3.46. The fourth-order valence-electron chi connectivity index (χ4n) is 4.31. The normalized spacial score (nSPS) is 12.7. The molecule has 0 unspecified atom stereocenters. The Morgan fingerprint density at radius 1 is 0.756 bits per heavy atom. The number of allylic oxidation sites excluding steroid dienone is 8. The third-order valence-electron chi connectivity index (χ3n) is 6.63. The van der Waals surface area contributed by atoms with Gasteiger partial charge in [-0.2, -0.15) is 0 Å². The van der Waals surface area contributed by atoms with Crippen LogP contribution in [-0.4, -0.2) is 0 Å². The van der Waals surface area contributed by atoms with E-state index in [4.69, 9.17) is 0 Å². The van der Waals surface area contributed by atoms with Crippen molar-refractivity contribution >= 4 is 5.69 Å². The number of nitrogens with one attached hydrogen (secondary N) is 1. The van der Waals surface area contributed by atoms with Gasteiger partial charge in [-0.3, -0.25) is 0 Å². The minimum Gasteiger partial charge on any atom is -0.355 e. The van der Waals surface area contributed by atoms with Crippen molar-refractivity contribution in [2.24, 2.45) is 0 Å². The van der Waals surface area contributed by atoms with Crippen LogP contribution in [0.25, 0.3) is 0 Å². The van der Waals surface area contributed by atoms with Gasteiger partial charge in [-0.25, -0.2) is 0 Å². The summed E-state index contributed by atoms with van der Waals surface area (Å²) in [5.41, 5.74) is 10.3. The topological polar surface area (TPSA) is 12.0 Å². The SMILES string of the molecule is C=C(C)/C(C(=C)Nc1ccc(C)cc1C)=C1/C=CC=CC=C1C.CC.CCCCCCCC.CCc1ccccc1. The van der Waals surface area contributed by atoms with Gasteiger partial charge in [0.1, 0.15) is 0 Å². The number of rotatable bonds is 10. The van der Waals surface area contributed by atoms with Crippen LogP contribution in [0.2, 0.25) is 0 Å². The molecule has 2 aromatic rings. The number of anilines is 1. The first-order valence-corrected chi connectivity index (χ1v) is 15.7. The van der Waals surface area contributed by atoms with E-state index in [1.165, 1.54) is 60.8 Å². The van der Waals surface area contributed by atoms with Crippen LogP contribution < -0.4 is 5.32 Å². The van der Waals surface area contributed by atoms with Crippen LogP contribution in [0.5, 0.6) is 0 Å². The zero-order valence-corrected chi connectivity index (χ0v) is 27.9. The van der Waals surface area contributed by atoms with E-state index < -0.39 is 0 Å². The molecule has 0 saturated heterocycles. The van der Waals surface area contributed by atoms with Crippen molar-refractivity contribution in [2.75, 3.05) is 5.32 Å². The summed E-state index contributed by atoms with van der Waals surface area (Å²) in [6, 6.07) is 16.8. The third kappa shape index (κ3) is 15.9.